The summed E-state index contributed by atoms with van der Waals surface area (Å²) in [7, 11) is 0. The van der Waals surface area contributed by atoms with Gasteiger partial charge in [-0.2, -0.15) is 0 Å². The summed E-state index contributed by atoms with van der Waals surface area (Å²) in [4.78, 5) is 0. The van der Waals surface area contributed by atoms with Crippen LogP contribution in [0.25, 0.3) is 0 Å². The first-order valence-corrected chi connectivity index (χ1v) is 4.33. The molecule has 0 unspecified atom stereocenters. The molecule has 0 amide bonds. The number of ether oxygens (including phenoxy) is 3. The second-order valence-corrected chi connectivity index (χ2v) is 3.81. The van der Waals surface area contributed by atoms with Crippen molar-refractivity contribution >= 4 is 0 Å². The smallest absolute Gasteiger partial charge is 0.184 e. The first kappa shape index (κ1) is 9.36. The first-order valence-electron chi connectivity index (χ1n) is 4.33. The average molecular weight is 190 g/mol. The van der Waals surface area contributed by atoms with Crippen molar-refractivity contribution in [2.75, 3.05) is 6.61 Å². The number of fused-ring (bicyclic) bond motifs is 1. The molecule has 76 valence electrons. The Morgan fingerprint density at radius 2 is 1.85 bits per heavy atom. The highest BCUT2D eigenvalue weighted by molar-refractivity contribution is 4.94. The van der Waals surface area contributed by atoms with Crippen molar-refractivity contribution in [3.8, 4) is 0 Å². The predicted molar refractivity (Wildman–Crippen MR) is 41.8 cm³/mol. The molecule has 0 spiro atoms. The van der Waals surface area contributed by atoms with Gasteiger partial charge < -0.3 is 24.4 Å². The second-order valence-electron chi connectivity index (χ2n) is 3.81. The van der Waals surface area contributed by atoms with E-state index in [9.17, 15) is 5.11 Å². The van der Waals surface area contributed by atoms with Gasteiger partial charge in [0.25, 0.3) is 0 Å². The number of hydrogen-bond acceptors (Lipinski definition) is 5. The van der Waals surface area contributed by atoms with E-state index >= 15 is 0 Å². The van der Waals surface area contributed by atoms with E-state index in [0.29, 0.717) is 0 Å². The molecule has 0 aromatic rings. The van der Waals surface area contributed by atoms with Gasteiger partial charge in [-0.3, -0.25) is 0 Å². The van der Waals surface area contributed by atoms with E-state index in [2.05, 4.69) is 0 Å². The Morgan fingerprint density at radius 3 is 2.46 bits per heavy atom. The number of hydrogen-bond donors (Lipinski definition) is 2. The quantitative estimate of drug-likeness (QED) is 0.567. The largest absolute Gasteiger partial charge is 0.394 e. The molecule has 5 nitrogen and oxygen atoms in total. The molecule has 0 aliphatic carbocycles. The number of rotatable bonds is 1. The monoisotopic (exact) mass is 190 g/mol. The zero-order chi connectivity index (χ0) is 9.64. The van der Waals surface area contributed by atoms with Crippen molar-refractivity contribution in [2.24, 2.45) is 0 Å². The highest BCUT2D eigenvalue weighted by Gasteiger charge is 2.54. The maximum absolute atomic E-state index is 9.39. The maximum atomic E-state index is 9.39. The fourth-order valence-electron chi connectivity index (χ4n) is 1.81. The normalized spacial score (nSPS) is 48.0. The fourth-order valence-corrected chi connectivity index (χ4v) is 1.81. The van der Waals surface area contributed by atoms with E-state index in [1.807, 2.05) is 0 Å². The van der Waals surface area contributed by atoms with Crippen LogP contribution in [0.1, 0.15) is 13.8 Å². The summed E-state index contributed by atoms with van der Waals surface area (Å²) in [5.74, 6) is -0.701. The molecule has 2 rings (SSSR count). The van der Waals surface area contributed by atoms with Crippen molar-refractivity contribution in [3.63, 3.8) is 0 Å². The van der Waals surface area contributed by atoms with Crippen molar-refractivity contribution < 1.29 is 24.4 Å². The molecule has 2 N–H and O–H groups in total. The summed E-state index contributed by atoms with van der Waals surface area (Å²) < 4.78 is 15.9. The summed E-state index contributed by atoms with van der Waals surface area (Å²) in [5.41, 5.74) is 0. The van der Waals surface area contributed by atoms with Gasteiger partial charge in [0.15, 0.2) is 12.1 Å². The molecule has 2 fully saturated rings. The molecule has 5 heteroatoms. The highest BCUT2D eigenvalue weighted by Crippen LogP contribution is 2.37. The molecule has 0 aromatic heterocycles. The topological polar surface area (TPSA) is 68.2 Å². The van der Waals surface area contributed by atoms with Crippen LogP contribution in [0.3, 0.4) is 0 Å². The lowest BCUT2D eigenvalue weighted by atomic mass is 10.1. The van der Waals surface area contributed by atoms with Gasteiger partial charge in [-0.15, -0.1) is 0 Å². The lowest BCUT2D eigenvalue weighted by molar-refractivity contribution is -0.223. The Kier molecular flexibility index (Phi) is 2.08. The average Bonchev–Trinajstić information content (AvgIpc) is 2.47. The van der Waals surface area contributed by atoms with Gasteiger partial charge in [-0.05, 0) is 13.8 Å². The van der Waals surface area contributed by atoms with E-state index in [1.54, 1.807) is 13.8 Å². The molecule has 0 aromatic carbocycles. The van der Waals surface area contributed by atoms with E-state index in [1.165, 1.54) is 0 Å². The van der Waals surface area contributed by atoms with Crippen molar-refractivity contribution in [3.05, 3.63) is 0 Å². The van der Waals surface area contributed by atoms with Gasteiger partial charge >= 0.3 is 0 Å². The standard InChI is InChI=1S/C8H14O5/c1-8(2)12-5-4(3-9)11-7(10)6(5)13-8/h4-7,9-10H,3H2,1-2H3/t4-,5-,6-,7-/m0/s1. The Morgan fingerprint density at radius 1 is 1.23 bits per heavy atom. The van der Waals surface area contributed by atoms with Crippen molar-refractivity contribution in [1.82, 2.24) is 0 Å². The molecule has 0 saturated carbocycles. The summed E-state index contributed by atoms with van der Waals surface area (Å²) in [6.45, 7) is 3.37. The van der Waals surface area contributed by atoms with Crippen LogP contribution in [0.15, 0.2) is 0 Å². The highest BCUT2D eigenvalue weighted by atomic mass is 16.8. The van der Waals surface area contributed by atoms with Gasteiger partial charge in [0.1, 0.15) is 18.3 Å². The van der Waals surface area contributed by atoms with E-state index in [-0.39, 0.29) is 12.7 Å². The summed E-state index contributed by atoms with van der Waals surface area (Å²) in [5, 5.41) is 18.3. The van der Waals surface area contributed by atoms with Gasteiger partial charge in [0.2, 0.25) is 0 Å². The SMILES string of the molecule is CC1(C)O[C@@H]2[C@H](O1)[C@@H](O)O[C@H]2CO. The molecule has 0 bridgehead atoms. The lowest BCUT2D eigenvalue weighted by Crippen LogP contribution is -2.31. The summed E-state index contributed by atoms with van der Waals surface area (Å²) in [6, 6.07) is 0. The minimum Gasteiger partial charge on any atom is -0.394 e. The molecule has 4 atom stereocenters. The molecular weight excluding hydrogens is 176 g/mol. The third-order valence-electron chi connectivity index (χ3n) is 2.31. The predicted octanol–water partition coefficient (Wildman–Crippen LogP) is -0.784. The third-order valence-corrected chi connectivity index (χ3v) is 2.31. The molecular formula is C8H14O5. The van der Waals surface area contributed by atoms with Gasteiger partial charge in [0, 0.05) is 0 Å². The van der Waals surface area contributed by atoms with Crippen LogP contribution >= 0.6 is 0 Å². The summed E-state index contributed by atoms with van der Waals surface area (Å²) in [6.07, 6.45) is -2.33. The van der Waals surface area contributed by atoms with Gasteiger partial charge in [-0.25, -0.2) is 0 Å². The minimum atomic E-state index is -0.996. The van der Waals surface area contributed by atoms with Crippen LogP contribution in [-0.4, -0.2) is 47.2 Å². The molecule has 2 aliphatic heterocycles. The Bertz CT molecular complexity index is 205. The zero-order valence-corrected chi connectivity index (χ0v) is 7.64. The van der Waals surface area contributed by atoms with Crippen LogP contribution < -0.4 is 0 Å². The molecule has 0 radical (unpaired) electrons. The Balaban J connectivity index is 2.12. The summed E-state index contributed by atoms with van der Waals surface area (Å²) >= 11 is 0. The minimum absolute atomic E-state index is 0.169. The number of aliphatic hydroxyl groups is 2. The van der Waals surface area contributed by atoms with E-state index in [4.69, 9.17) is 19.3 Å². The van der Waals surface area contributed by atoms with Crippen molar-refractivity contribution in [2.45, 2.75) is 44.2 Å². The lowest BCUT2D eigenvalue weighted by Gasteiger charge is -2.21. The molecule has 2 heterocycles. The van der Waals surface area contributed by atoms with Crippen LogP contribution in [0.4, 0.5) is 0 Å². The van der Waals surface area contributed by atoms with Crippen LogP contribution in [0, 0.1) is 0 Å². The Hall–Kier alpha value is -0.200. The van der Waals surface area contributed by atoms with Gasteiger partial charge in [0.05, 0.1) is 6.61 Å². The molecule has 2 aliphatic rings. The second kappa shape index (κ2) is 2.90. The van der Waals surface area contributed by atoms with Crippen LogP contribution in [-0.2, 0) is 14.2 Å². The van der Waals surface area contributed by atoms with Gasteiger partial charge in [-0.1, -0.05) is 0 Å². The molecule has 2 saturated heterocycles. The maximum Gasteiger partial charge on any atom is 0.184 e. The number of aliphatic hydroxyl groups excluding tert-OH is 2. The fraction of sp³-hybridized carbons (Fsp3) is 1.00. The van der Waals surface area contributed by atoms with Crippen LogP contribution in [0.5, 0.6) is 0 Å². The molecule has 13 heavy (non-hydrogen) atoms. The third kappa shape index (κ3) is 1.47. The van der Waals surface area contributed by atoms with E-state index < -0.39 is 24.3 Å². The Labute approximate surface area is 76.2 Å². The first-order chi connectivity index (χ1) is 6.03. The van der Waals surface area contributed by atoms with E-state index in [0.717, 1.165) is 0 Å². The zero-order valence-electron chi connectivity index (χ0n) is 7.64. The van der Waals surface area contributed by atoms with Crippen LogP contribution in [0.2, 0.25) is 0 Å². The van der Waals surface area contributed by atoms with Crippen molar-refractivity contribution in [1.29, 1.82) is 0 Å².